The zero-order valence-corrected chi connectivity index (χ0v) is 22.8. The van der Waals surface area contributed by atoms with Gasteiger partial charge in [-0.1, -0.05) is 54.6 Å². The Morgan fingerprint density at radius 3 is 1.88 bits per heavy atom. The van der Waals surface area contributed by atoms with Crippen LogP contribution in [0.5, 0.6) is 0 Å². The lowest BCUT2D eigenvalue weighted by Gasteiger charge is -2.07. The van der Waals surface area contributed by atoms with Crippen molar-refractivity contribution in [3.63, 3.8) is 0 Å². The number of carbonyl (C=O) groups excluding carboxylic acids is 2. The molecule has 0 radical (unpaired) electrons. The molecular weight excluding hydrogens is 571 g/mol. The average Bonchev–Trinajstić information content (AvgIpc) is 3.56. The molecule has 4 aromatic rings. The smallest absolute Gasteiger partial charge is 0.233 e. The highest BCUT2D eigenvalue weighted by Gasteiger charge is 2.23. The molecule has 0 amide bonds. The minimum atomic E-state index is -0.471. The molecule has 2 heterocycles. The predicted octanol–water partition coefficient (Wildman–Crippen LogP) is 8.86. The Hall–Kier alpha value is -2.35. The summed E-state index contributed by atoms with van der Waals surface area (Å²) in [6, 6.07) is 20.8. The van der Waals surface area contributed by atoms with Gasteiger partial charge in [0.25, 0.3) is 0 Å². The molecule has 0 spiro atoms. The van der Waals surface area contributed by atoms with E-state index in [1.165, 1.54) is 46.2 Å². The van der Waals surface area contributed by atoms with Crippen LogP contribution in [0.25, 0.3) is 21.6 Å². The van der Waals surface area contributed by atoms with Gasteiger partial charge < -0.3 is 0 Å². The molecule has 1 aliphatic rings. The molecule has 0 fully saturated rings. The van der Waals surface area contributed by atoms with E-state index in [0.29, 0.717) is 11.1 Å². The monoisotopic (exact) mass is 594 g/mol. The van der Waals surface area contributed by atoms with Gasteiger partial charge in [-0.15, -0.1) is 22.7 Å². The second-order valence-corrected chi connectivity index (χ2v) is 12.9. The molecule has 0 aliphatic heterocycles. The van der Waals surface area contributed by atoms with Crippen LogP contribution >= 0.6 is 45.3 Å². The zero-order valence-electron chi connectivity index (χ0n) is 19.0. The quantitative estimate of drug-likeness (QED) is 0.127. The van der Waals surface area contributed by atoms with Crippen molar-refractivity contribution in [3.05, 3.63) is 102 Å². The molecule has 170 valence electrons. The zero-order chi connectivity index (χ0) is 23.8. The Morgan fingerprint density at radius 1 is 0.735 bits per heavy atom. The summed E-state index contributed by atoms with van der Waals surface area (Å²) in [7, 11) is 0. The van der Waals surface area contributed by atoms with Crippen molar-refractivity contribution in [1.82, 2.24) is 0 Å². The number of carbonyl (C=O) groups is 2. The third kappa shape index (κ3) is 4.49. The van der Waals surface area contributed by atoms with Gasteiger partial charge in [0, 0.05) is 25.8 Å². The van der Waals surface area contributed by atoms with Crippen LogP contribution in [-0.4, -0.2) is 11.6 Å². The Labute approximate surface area is 221 Å². The van der Waals surface area contributed by atoms with Gasteiger partial charge in [-0.2, -0.15) is 0 Å². The summed E-state index contributed by atoms with van der Waals surface area (Å²) in [6.45, 7) is 4.43. The minimum absolute atomic E-state index is 0.422. The second kappa shape index (κ2) is 9.72. The molecule has 2 aromatic carbocycles. The van der Waals surface area contributed by atoms with Crippen molar-refractivity contribution in [2.45, 2.75) is 33.1 Å². The van der Waals surface area contributed by atoms with Crippen LogP contribution in [-0.2, 0) is 0 Å². The van der Waals surface area contributed by atoms with Gasteiger partial charge in [-0.05, 0) is 95.7 Å². The number of Topliss-reactive ketones (excluding diaryl/α,β-unsaturated/α-hetero) is 2. The first-order valence-electron chi connectivity index (χ1n) is 11.3. The van der Waals surface area contributed by atoms with Gasteiger partial charge in [0.1, 0.15) is 0 Å². The van der Waals surface area contributed by atoms with E-state index in [1.807, 2.05) is 29.5 Å². The lowest BCUT2D eigenvalue weighted by atomic mass is 9.97. The van der Waals surface area contributed by atoms with Crippen LogP contribution in [0.15, 0.2) is 66.7 Å². The maximum absolute atomic E-state index is 12.7. The number of rotatable bonds is 6. The Bertz CT molecular complexity index is 1420. The molecule has 34 heavy (non-hydrogen) atoms. The summed E-state index contributed by atoms with van der Waals surface area (Å²) in [5.41, 5.74) is 7.68. The van der Waals surface area contributed by atoms with Crippen molar-refractivity contribution in [2.75, 3.05) is 0 Å². The summed E-state index contributed by atoms with van der Waals surface area (Å²) in [4.78, 5) is 29.1. The van der Waals surface area contributed by atoms with Crippen LogP contribution in [0.2, 0.25) is 0 Å². The second-order valence-electron chi connectivity index (χ2n) is 8.51. The van der Waals surface area contributed by atoms with Crippen LogP contribution in [0.3, 0.4) is 0 Å². The van der Waals surface area contributed by atoms with Crippen LogP contribution in [0.4, 0.5) is 0 Å². The van der Waals surface area contributed by atoms with Crippen molar-refractivity contribution in [3.8, 4) is 10.4 Å². The normalized spacial score (nSPS) is 13.5. The largest absolute Gasteiger partial charge is 0.285 e. The maximum atomic E-state index is 12.7. The molecule has 0 N–H and O–H groups in total. The minimum Gasteiger partial charge on any atom is -0.285 e. The number of allylic oxidation sites excluding steroid dienone is 2. The average molecular weight is 595 g/mol. The number of halogens is 1. The first kappa shape index (κ1) is 23.4. The number of hydrogen-bond acceptors (Lipinski definition) is 4. The summed E-state index contributed by atoms with van der Waals surface area (Å²) in [6.07, 6.45) is 3.46. The number of aryl methyl sites for hydroxylation is 2. The van der Waals surface area contributed by atoms with Crippen LogP contribution in [0, 0.1) is 16.7 Å². The first-order chi connectivity index (χ1) is 16.4. The van der Waals surface area contributed by atoms with E-state index in [-0.39, 0.29) is 0 Å². The van der Waals surface area contributed by atoms with Crippen molar-refractivity contribution < 1.29 is 9.59 Å². The molecule has 2 nitrogen and oxygen atoms in total. The Balaban J connectivity index is 1.43. The molecule has 0 atom stereocenters. The van der Waals surface area contributed by atoms with Crippen molar-refractivity contribution in [1.29, 1.82) is 0 Å². The fourth-order valence-electron chi connectivity index (χ4n) is 4.65. The molecule has 5 heteroatoms. The van der Waals surface area contributed by atoms with Gasteiger partial charge in [0.05, 0.1) is 2.88 Å². The molecular formula is C29H23IO2S2. The highest BCUT2D eigenvalue weighted by atomic mass is 127. The van der Waals surface area contributed by atoms with E-state index in [4.69, 9.17) is 0 Å². The summed E-state index contributed by atoms with van der Waals surface area (Å²) >= 11 is 6.08. The number of thiophene rings is 2. The van der Waals surface area contributed by atoms with E-state index in [9.17, 15) is 9.59 Å². The van der Waals surface area contributed by atoms with Crippen molar-refractivity contribution in [2.24, 2.45) is 0 Å². The molecule has 1 aliphatic carbocycles. The molecule has 0 bridgehead atoms. The van der Waals surface area contributed by atoms with E-state index in [0.717, 1.165) is 18.4 Å². The number of benzene rings is 2. The fourth-order valence-corrected chi connectivity index (χ4v) is 7.76. The lowest BCUT2D eigenvalue weighted by Crippen LogP contribution is -2.14. The van der Waals surface area contributed by atoms with Gasteiger partial charge in [-0.3, -0.25) is 9.59 Å². The van der Waals surface area contributed by atoms with Crippen LogP contribution in [0.1, 0.15) is 60.9 Å². The fraction of sp³-hybridized carbons (Fsp3) is 0.172. The summed E-state index contributed by atoms with van der Waals surface area (Å²) in [5, 5.41) is 0. The molecule has 2 aromatic heterocycles. The van der Waals surface area contributed by atoms with Gasteiger partial charge in [0.2, 0.25) is 11.6 Å². The Morgan fingerprint density at radius 2 is 1.29 bits per heavy atom. The van der Waals surface area contributed by atoms with E-state index < -0.39 is 11.6 Å². The topological polar surface area (TPSA) is 34.1 Å². The lowest BCUT2D eigenvalue weighted by molar-refractivity contribution is 0.0817. The summed E-state index contributed by atoms with van der Waals surface area (Å²) < 4.78 is 1.34. The first-order valence-corrected chi connectivity index (χ1v) is 14.0. The highest BCUT2D eigenvalue weighted by molar-refractivity contribution is 14.1. The molecule has 5 rings (SSSR count). The molecule has 0 unspecified atom stereocenters. The standard InChI is InChI=1S/C29H23IO2S2/c1-17-24(22-9-6-10-23(22)25-16-27(30)34-18(25)2)15-26(33-17)19-11-13-21(14-12-19)29(32)28(31)20-7-4-3-5-8-20/h3-5,7-8,11-16H,6,9-10H2,1-2H3. The van der Waals surface area contributed by atoms with Crippen molar-refractivity contribution >= 4 is 68.0 Å². The molecule has 0 saturated carbocycles. The van der Waals surface area contributed by atoms with Gasteiger partial charge in [0.15, 0.2) is 0 Å². The SMILES string of the molecule is Cc1sc(I)cc1C1=C(c2cc(-c3ccc(C(=O)C(=O)c4ccccc4)cc3)sc2C)CCC1. The summed E-state index contributed by atoms with van der Waals surface area (Å²) in [5.74, 6) is -0.941. The molecule has 0 saturated heterocycles. The van der Waals surface area contributed by atoms with Gasteiger partial charge in [-0.25, -0.2) is 0 Å². The third-order valence-electron chi connectivity index (χ3n) is 6.35. The van der Waals surface area contributed by atoms with E-state index >= 15 is 0 Å². The van der Waals surface area contributed by atoms with Gasteiger partial charge >= 0.3 is 0 Å². The number of ketones is 2. The maximum Gasteiger partial charge on any atom is 0.233 e. The Kier molecular flexibility index (Phi) is 6.69. The predicted molar refractivity (Wildman–Crippen MR) is 152 cm³/mol. The third-order valence-corrected chi connectivity index (χ3v) is 9.26. The van der Waals surface area contributed by atoms with Crippen LogP contribution < -0.4 is 0 Å². The van der Waals surface area contributed by atoms with E-state index in [1.54, 1.807) is 47.7 Å². The number of hydrogen-bond donors (Lipinski definition) is 0. The highest BCUT2D eigenvalue weighted by Crippen LogP contribution is 2.46. The van der Waals surface area contributed by atoms with E-state index in [2.05, 4.69) is 48.6 Å².